The Bertz CT molecular complexity index is 1150. The summed E-state index contributed by atoms with van der Waals surface area (Å²) in [7, 11) is 0. The van der Waals surface area contributed by atoms with Gasteiger partial charge in [0.15, 0.2) is 5.76 Å². The minimum absolute atomic E-state index is 0.223. The van der Waals surface area contributed by atoms with Crippen molar-refractivity contribution in [2.75, 3.05) is 0 Å². The molecule has 4 rings (SSSR count). The molecule has 0 spiro atoms. The number of furan rings is 1. The normalized spacial score (nSPS) is 11.0. The number of carbonyl (C=O) groups is 1. The van der Waals surface area contributed by atoms with Crippen LogP contribution in [0.5, 0.6) is 5.75 Å². The summed E-state index contributed by atoms with van der Waals surface area (Å²) < 4.78 is 13.2. The third-order valence-corrected chi connectivity index (χ3v) is 4.92. The van der Waals surface area contributed by atoms with Crippen LogP contribution in [0.15, 0.2) is 65.2 Å². The van der Waals surface area contributed by atoms with Crippen molar-refractivity contribution in [1.29, 1.82) is 0 Å². The van der Waals surface area contributed by atoms with Gasteiger partial charge in [-0.1, -0.05) is 41.9 Å². The number of aryl methyl sites for hydroxylation is 1. The predicted molar refractivity (Wildman–Crippen MR) is 111 cm³/mol. The fourth-order valence-corrected chi connectivity index (χ4v) is 3.28. The number of amides is 1. The van der Waals surface area contributed by atoms with E-state index in [4.69, 9.17) is 20.8 Å². The standard InChI is InChI=1S/C22H20ClN3O3/c1-2-26-20(19(23)12-25-26)13-24-22(27)21-10-9-18(29-21)14-28-17-8-7-15-5-3-4-6-16(15)11-17/h3-12H,2,13-14H2,1H3,(H,24,27). The van der Waals surface area contributed by atoms with Crippen molar-refractivity contribution in [3.8, 4) is 5.75 Å². The van der Waals surface area contributed by atoms with Gasteiger partial charge in [-0.05, 0) is 42.0 Å². The maximum atomic E-state index is 12.4. The smallest absolute Gasteiger partial charge is 0.287 e. The number of nitrogens with one attached hydrogen (secondary N) is 1. The van der Waals surface area contributed by atoms with Gasteiger partial charge in [-0.15, -0.1) is 0 Å². The Morgan fingerprint density at radius 2 is 2.00 bits per heavy atom. The maximum absolute atomic E-state index is 12.4. The molecule has 1 N–H and O–H groups in total. The van der Waals surface area contributed by atoms with Crippen molar-refractivity contribution >= 4 is 28.3 Å². The molecule has 1 amide bonds. The number of benzene rings is 2. The molecule has 0 aliphatic carbocycles. The van der Waals surface area contributed by atoms with Gasteiger partial charge >= 0.3 is 0 Å². The van der Waals surface area contributed by atoms with Gasteiger partial charge in [0, 0.05) is 6.54 Å². The lowest BCUT2D eigenvalue weighted by atomic mass is 10.1. The lowest BCUT2D eigenvalue weighted by Gasteiger charge is -2.07. The topological polar surface area (TPSA) is 69.3 Å². The minimum atomic E-state index is -0.318. The van der Waals surface area contributed by atoms with Crippen LogP contribution in [0.3, 0.4) is 0 Å². The summed E-state index contributed by atoms with van der Waals surface area (Å²) >= 11 is 6.12. The number of aromatic nitrogens is 2. The molecule has 0 radical (unpaired) electrons. The number of ether oxygens (including phenoxy) is 1. The Morgan fingerprint density at radius 3 is 2.83 bits per heavy atom. The molecule has 4 aromatic rings. The van der Waals surface area contributed by atoms with E-state index in [2.05, 4.69) is 16.5 Å². The van der Waals surface area contributed by atoms with Crippen molar-refractivity contribution in [1.82, 2.24) is 15.1 Å². The third kappa shape index (κ3) is 4.27. The SMILES string of the molecule is CCn1ncc(Cl)c1CNC(=O)c1ccc(COc2ccc3ccccc3c2)o1. The summed E-state index contributed by atoms with van der Waals surface area (Å²) in [4.78, 5) is 12.4. The minimum Gasteiger partial charge on any atom is -0.486 e. The van der Waals surface area contributed by atoms with E-state index >= 15 is 0 Å². The highest BCUT2D eigenvalue weighted by Gasteiger charge is 2.14. The molecule has 2 aromatic heterocycles. The molecule has 2 aromatic carbocycles. The zero-order valence-electron chi connectivity index (χ0n) is 15.9. The number of halogens is 1. The van der Waals surface area contributed by atoms with Crippen LogP contribution in [0.1, 0.15) is 28.9 Å². The Hall–Kier alpha value is -3.25. The Kier molecular flexibility index (Phi) is 5.53. The average Bonchev–Trinajstić information content (AvgIpc) is 3.37. The molecule has 0 atom stereocenters. The first kappa shape index (κ1) is 19.1. The van der Waals surface area contributed by atoms with E-state index in [0.29, 0.717) is 17.3 Å². The van der Waals surface area contributed by atoms with E-state index in [9.17, 15) is 4.79 Å². The van der Waals surface area contributed by atoms with Crippen LogP contribution < -0.4 is 10.1 Å². The highest BCUT2D eigenvalue weighted by Crippen LogP contribution is 2.22. The molecule has 6 nitrogen and oxygen atoms in total. The predicted octanol–water partition coefficient (Wildman–Crippen LogP) is 4.81. The Morgan fingerprint density at radius 1 is 1.17 bits per heavy atom. The summed E-state index contributed by atoms with van der Waals surface area (Å²) in [5.41, 5.74) is 0.758. The van der Waals surface area contributed by atoms with Crippen molar-refractivity contribution in [3.63, 3.8) is 0 Å². The molecule has 148 valence electrons. The van der Waals surface area contributed by atoms with Crippen LogP contribution >= 0.6 is 11.6 Å². The number of fused-ring (bicyclic) bond motifs is 1. The number of hydrogen-bond donors (Lipinski definition) is 1. The third-order valence-electron chi connectivity index (χ3n) is 4.60. The van der Waals surface area contributed by atoms with E-state index in [1.54, 1.807) is 23.0 Å². The summed E-state index contributed by atoms with van der Waals surface area (Å²) in [6.07, 6.45) is 1.57. The Labute approximate surface area is 173 Å². The molecule has 0 aliphatic heterocycles. The van der Waals surface area contributed by atoms with Crippen molar-refractivity contribution in [2.24, 2.45) is 0 Å². The quantitative estimate of drug-likeness (QED) is 0.475. The van der Waals surface area contributed by atoms with Crippen LogP contribution in [-0.4, -0.2) is 15.7 Å². The molecule has 0 unspecified atom stereocenters. The van der Waals surface area contributed by atoms with Gasteiger partial charge in [0.05, 0.1) is 23.5 Å². The molecule has 0 bridgehead atoms. The van der Waals surface area contributed by atoms with Gasteiger partial charge in [-0.2, -0.15) is 5.10 Å². The van der Waals surface area contributed by atoms with E-state index in [1.165, 1.54) is 0 Å². The summed E-state index contributed by atoms with van der Waals surface area (Å²) in [6.45, 7) is 3.15. The number of nitrogens with zero attached hydrogens (tertiary/aromatic N) is 2. The van der Waals surface area contributed by atoms with Crippen LogP contribution in [0, 0.1) is 0 Å². The first-order chi connectivity index (χ1) is 14.1. The number of carbonyl (C=O) groups excluding carboxylic acids is 1. The zero-order valence-corrected chi connectivity index (χ0v) is 16.6. The molecule has 0 saturated carbocycles. The molecular formula is C22H20ClN3O3. The number of rotatable bonds is 7. The molecule has 0 fully saturated rings. The van der Waals surface area contributed by atoms with E-state index in [0.717, 1.165) is 22.2 Å². The van der Waals surface area contributed by atoms with E-state index < -0.39 is 0 Å². The Balaban J connectivity index is 1.36. The fourth-order valence-electron chi connectivity index (χ4n) is 3.08. The summed E-state index contributed by atoms with van der Waals surface area (Å²) in [5, 5.41) is 9.74. The summed E-state index contributed by atoms with van der Waals surface area (Å²) in [6, 6.07) is 17.4. The first-order valence-electron chi connectivity index (χ1n) is 9.32. The molecule has 0 saturated heterocycles. The lowest BCUT2D eigenvalue weighted by molar-refractivity contribution is 0.0918. The second kappa shape index (κ2) is 8.41. The number of hydrogen-bond acceptors (Lipinski definition) is 4. The van der Waals surface area contributed by atoms with Crippen LogP contribution in [-0.2, 0) is 19.7 Å². The largest absolute Gasteiger partial charge is 0.486 e. The van der Waals surface area contributed by atoms with Crippen LogP contribution in [0.4, 0.5) is 0 Å². The van der Waals surface area contributed by atoms with Crippen molar-refractivity contribution in [3.05, 3.63) is 83.0 Å². The van der Waals surface area contributed by atoms with Gasteiger partial charge in [0.1, 0.15) is 18.1 Å². The van der Waals surface area contributed by atoms with Gasteiger partial charge in [-0.25, -0.2) is 0 Å². The second-order valence-electron chi connectivity index (χ2n) is 6.50. The molecule has 2 heterocycles. The van der Waals surface area contributed by atoms with E-state index in [1.807, 2.05) is 43.3 Å². The van der Waals surface area contributed by atoms with Gasteiger partial charge in [-0.3, -0.25) is 9.48 Å². The monoisotopic (exact) mass is 409 g/mol. The first-order valence-corrected chi connectivity index (χ1v) is 9.70. The zero-order chi connectivity index (χ0) is 20.2. The van der Waals surface area contributed by atoms with Gasteiger partial charge < -0.3 is 14.5 Å². The highest BCUT2D eigenvalue weighted by molar-refractivity contribution is 6.31. The lowest BCUT2D eigenvalue weighted by Crippen LogP contribution is -2.24. The van der Waals surface area contributed by atoms with Crippen molar-refractivity contribution < 1.29 is 13.9 Å². The second-order valence-corrected chi connectivity index (χ2v) is 6.91. The molecule has 7 heteroatoms. The fraction of sp³-hybridized carbons (Fsp3) is 0.182. The van der Waals surface area contributed by atoms with Crippen LogP contribution in [0.2, 0.25) is 5.02 Å². The average molecular weight is 410 g/mol. The highest BCUT2D eigenvalue weighted by atomic mass is 35.5. The molecular weight excluding hydrogens is 390 g/mol. The molecule has 29 heavy (non-hydrogen) atoms. The van der Waals surface area contributed by atoms with Crippen molar-refractivity contribution in [2.45, 2.75) is 26.6 Å². The van der Waals surface area contributed by atoms with Gasteiger partial charge in [0.25, 0.3) is 5.91 Å². The van der Waals surface area contributed by atoms with Crippen LogP contribution in [0.25, 0.3) is 10.8 Å². The van der Waals surface area contributed by atoms with Gasteiger partial charge in [0.2, 0.25) is 0 Å². The molecule has 0 aliphatic rings. The van der Waals surface area contributed by atoms with E-state index in [-0.39, 0.29) is 24.8 Å². The summed E-state index contributed by atoms with van der Waals surface area (Å²) in [5.74, 6) is 1.22. The maximum Gasteiger partial charge on any atom is 0.287 e.